The summed E-state index contributed by atoms with van der Waals surface area (Å²) in [6.45, 7) is 1.91. The summed E-state index contributed by atoms with van der Waals surface area (Å²) in [4.78, 5) is 0. The molecular weight excluding hydrogens is 310 g/mol. The number of aromatic hydroxyl groups is 2. The summed E-state index contributed by atoms with van der Waals surface area (Å²) in [6.07, 6.45) is 0. The van der Waals surface area contributed by atoms with Crippen LogP contribution in [0.15, 0.2) is 30.3 Å². The number of anilines is 1. The number of phenolic OH excluding ortho intramolecular Hbond substituents is 2. The van der Waals surface area contributed by atoms with Gasteiger partial charge in [0.2, 0.25) is 0 Å². The van der Waals surface area contributed by atoms with E-state index in [0.717, 1.165) is 22.8 Å². The van der Waals surface area contributed by atoms with Gasteiger partial charge in [-0.2, -0.15) is 8.75 Å². The third-order valence-corrected chi connectivity index (χ3v) is 4.02. The number of halogens is 1. The molecule has 0 aliphatic heterocycles. The summed E-state index contributed by atoms with van der Waals surface area (Å²) in [7, 11) is 0. The number of rotatable bonds is 3. The Morgan fingerprint density at radius 1 is 1.14 bits per heavy atom. The zero-order valence-electron chi connectivity index (χ0n) is 11.0. The predicted octanol–water partition coefficient (Wildman–Crippen LogP) is 3.93. The van der Waals surface area contributed by atoms with Gasteiger partial charge < -0.3 is 15.5 Å². The smallest absolute Gasteiger partial charge is 0.129 e. The molecule has 0 saturated heterocycles. The van der Waals surface area contributed by atoms with E-state index in [1.54, 1.807) is 18.2 Å². The number of hydrogen-bond acceptors (Lipinski definition) is 6. The Morgan fingerprint density at radius 2 is 1.86 bits per heavy atom. The molecule has 108 valence electrons. The summed E-state index contributed by atoms with van der Waals surface area (Å²) in [5.41, 5.74) is 2.92. The standard InChI is InChI=1S/C14H12ClN3O2S/c1-7(8-4-9(19)6-10(20)5-8)16-13-11(15)2-3-12-14(13)18-21-17-12/h2-7,16,19-20H,1H3. The molecule has 5 nitrogen and oxygen atoms in total. The largest absolute Gasteiger partial charge is 0.508 e. The van der Waals surface area contributed by atoms with Crippen molar-refractivity contribution in [2.24, 2.45) is 0 Å². The molecule has 0 fully saturated rings. The minimum absolute atomic E-state index is 0.0123. The van der Waals surface area contributed by atoms with Crippen LogP contribution in [0.5, 0.6) is 11.5 Å². The molecule has 0 radical (unpaired) electrons. The van der Waals surface area contributed by atoms with Crippen molar-refractivity contribution < 1.29 is 10.2 Å². The maximum Gasteiger partial charge on any atom is 0.129 e. The van der Waals surface area contributed by atoms with Gasteiger partial charge >= 0.3 is 0 Å². The summed E-state index contributed by atoms with van der Waals surface area (Å²) >= 11 is 7.35. The van der Waals surface area contributed by atoms with Crippen LogP contribution in [0.4, 0.5) is 5.69 Å². The average Bonchev–Trinajstić information content (AvgIpc) is 2.89. The fraction of sp³-hybridized carbons (Fsp3) is 0.143. The van der Waals surface area contributed by atoms with Crippen molar-refractivity contribution >= 4 is 40.0 Å². The number of fused-ring (bicyclic) bond motifs is 1. The van der Waals surface area contributed by atoms with Crippen LogP contribution < -0.4 is 5.32 Å². The van der Waals surface area contributed by atoms with Crippen LogP contribution >= 0.6 is 23.3 Å². The van der Waals surface area contributed by atoms with Gasteiger partial charge in [0.15, 0.2) is 0 Å². The zero-order valence-corrected chi connectivity index (χ0v) is 12.6. The molecule has 0 amide bonds. The molecule has 1 unspecified atom stereocenters. The first kappa shape index (κ1) is 13.9. The van der Waals surface area contributed by atoms with E-state index in [4.69, 9.17) is 11.6 Å². The van der Waals surface area contributed by atoms with Crippen molar-refractivity contribution in [2.45, 2.75) is 13.0 Å². The van der Waals surface area contributed by atoms with E-state index in [2.05, 4.69) is 14.1 Å². The minimum Gasteiger partial charge on any atom is -0.508 e. The maximum atomic E-state index is 9.57. The molecule has 3 N–H and O–H groups in total. The van der Waals surface area contributed by atoms with Gasteiger partial charge in [0.25, 0.3) is 0 Å². The predicted molar refractivity (Wildman–Crippen MR) is 84.2 cm³/mol. The Morgan fingerprint density at radius 3 is 2.57 bits per heavy atom. The molecule has 21 heavy (non-hydrogen) atoms. The lowest BCUT2D eigenvalue weighted by Gasteiger charge is -2.17. The Kier molecular flexibility index (Phi) is 3.57. The molecular formula is C14H12ClN3O2S. The maximum absolute atomic E-state index is 9.57. The summed E-state index contributed by atoms with van der Waals surface area (Å²) in [5.74, 6) is 0.0246. The van der Waals surface area contributed by atoms with Crippen LogP contribution in [0.3, 0.4) is 0 Å². The van der Waals surface area contributed by atoms with Crippen molar-refractivity contribution in [3.8, 4) is 11.5 Å². The van der Waals surface area contributed by atoms with E-state index in [-0.39, 0.29) is 17.5 Å². The summed E-state index contributed by atoms with van der Waals surface area (Å²) < 4.78 is 8.43. The molecule has 0 saturated carbocycles. The van der Waals surface area contributed by atoms with Crippen LogP contribution in [-0.2, 0) is 0 Å². The Bertz CT molecular complexity index is 786. The fourth-order valence-corrected chi connectivity index (χ4v) is 2.88. The number of nitrogens with zero attached hydrogens (tertiary/aromatic N) is 2. The molecule has 0 bridgehead atoms. The van der Waals surface area contributed by atoms with Crippen LogP contribution in [0.2, 0.25) is 5.02 Å². The molecule has 7 heteroatoms. The molecule has 0 aliphatic rings. The first-order valence-corrected chi connectivity index (χ1v) is 7.35. The lowest BCUT2D eigenvalue weighted by Crippen LogP contribution is -2.07. The first-order valence-electron chi connectivity index (χ1n) is 6.25. The van der Waals surface area contributed by atoms with Crippen molar-refractivity contribution in [1.82, 2.24) is 8.75 Å². The second-order valence-corrected chi connectivity index (χ2v) is 5.64. The van der Waals surface area contributed by atoms with Crippen LogP contribution in [0.25, 0.3) is 11.0 Å². The number of nitrogens with one attached hydrogen (secondary N) is 1. The quantitative estimate of drug-likeness (QED) is 0.681. The second kappa shape index (κ2) is 5.38. The van der Waals surface area contributed by atoms with Crippen molar-refractivity contribution in [1.29, 1.82) is 0 Å². The SMILES string of the molecule is CC(Nc1c(Cl)ccc2nsnc12)c1cc(O)cc(O)c1. The minimum atomic E-state index is -0.173. The van der Waals surface area contributed by atoms with Crippen molar-refractivity contribution in [2.75, 3.05) is 5.32 Å². The normalized spacial score (nSPS) is 12.5. The molecule has 1 atom stereocenters. The van der Waals surface area contributed by atoms with Gasteiger partial charge in [0.1, 0.15) is 22.5 Å². The lowest BCUT2D eigenvalue weighted by atomic mass is 10.1. The molecule has 2 aromatic carbocycles. The van der Waals surface area contributed by atoms with E-state index >= 15 is 0 Å². The first-order chi connectivity index (χ1) is 10.0. The van der Waals surface area contributed by atoms with Gasteiger partial charge in [-0.05, 0) is 36.8 Å². The molecule has 1 heterocycles. The number of benzene rings is 2. The second-order valence-electron chi connectivity index (χ2n) is 4.70. The monoisotopic (exact) mass is 321 g/mol. The highest BCUT2D eigenvalue weighted by molar-refractivity contribution is 7.00. The molecule has 3 aromatic rings. The van der Waals surface area contributed by atoms with Gasteiger partial charge in [-0.1, -0.05) is 11.6 Å². The Labute approximate surface area is 130 Å². The fourth-order valence-electron chi connectivity index (χ4n) is 2.13. The van der Waals surface area contributed by atoms with E-state index in [1.807, 2.05) is 13.0 Å². The average molecular weight is 322 g/mol. The van der Waals surface area contributed by atoms with Crippen LogP contribution in [0, 0.1) is 0 Å². The highest BCUT2D eigenvalue weighted by atomic mass is 35.5. The highest BCUT2D eigenvalue weighted by Gasteiger charge is 2.14. The van der Waals surface area contributed by atoms with Gasteiger partial charge in [-0.3, -0.25) is 0 Å². The van der Waals surface area contributed by atoms with Crippen LogP contribution in [0.1, 0.15) is 18.5 Å². The Balaban J connectivity index is 1.97. The summed E-state index contributed by atoms with van der Waals surface area (Å²) in [6, 6.07) is 7.87. The van der Waals surface area contributed by atoms with E-state index in [1.165, 1.54) is 6.07 Å². The number of hydrogen-bond donors (Lipinski definition) is 3. The summed E-state index contributed by atoms with van der Waals surface area (Å²) in [5, 5.41) is 22.9. The number of phenols is 2. The zero-order chi connectivity index (χ0) is 15.0. The molecule has 1 aromatic heterocycles. The van der Waals surface area contributed by atoms with Gasteiger partial charge in [-0.25, -0.2) is 0 Å². The Hall–Kier alpha value is -2.05. The van der Waals surface area contributed by atoms with E-state index in [9.17, 15) is 10.2 Å². The highest BCUT2D eigenvalue weighted by Crippen LogP contribution is 2.34. The van der Waals surface area contributed by atoms with E-state index in [0.29, 0.717) is 16.2 Å². The van der Waals surface area contributed by atoms with Gasteiger partial charge in [0.05, 0.1) is 22.4 Å². The molecule has 3 rings (SSSR count). The third-order valence-electron chi connectivity index (χ3n) is 3.16. The van der Waals surface area contributed by atoms with Crippen molar-refractivity contribution in [3.05, 3.63) is 40.9 Å². The third kappa shape index (κ3) is 2.72. The van der Waals surface area contributed by atoms with Gasteiger partial charge in [0, 0.05) is 12.1 Å². The van der Waals surface area contributed by atoms with Gasteiger partial charge in [-0.15, -0.1) is 0 Å². The van der Waals surface area contributed by atoms with Crippen molar-refractivity contribution in [3.63, 3.8) is 0 Å². The lowest BCUT2D eigenvalue weighted by molar-refractivity contribution is 0.448. The van der Waals surface area contributed by atoms with Crippen LogP contribution in [-0.4, -0.2) is 19.0 Å². The topological polar surface area (TPSA) is 78.3 Å². The molecule has 0 spiro atoms. The van der Waals surface area contributed by atoms with E-state index < -0.39 is 0 Å². The molecule has 0 aliphatic carbocycles. The number of aromatic nitrogens is 2.